The van der Waals surface area contributed by atoms with Gasteiger partial charge in [0.25, 0.3) is 0 Å². The van der Waals surface area contributed by atoms with E-state index in [0.29, 0.717) is 24.2 Å². The van der Waals surface area contributed by atoms with Gasteiger partial charge in [0.2, 0.25) is 5.88 Å². The van der Waals surface area contributed by atoms with Crippen molar-refractivity contribution in [2.24, 2.45) is 5.92 Å². The SMILES string of the molecule is CCOc1ccc2cc(-c3nn(CC4CCOCC4)c4ncnc(N)c34)ccc2n1. The van der Waals surface area contributed by atoms with E-state index in [1.807, 2.05) is 35.9 Å². The number of nitrogen functional groups attached to an aromatic ring is 1. The van der Waals surface area contributed by atoms with E-state index in [1.165, 1.54) is 6.33 Å². The Balaban J connectivity index is 1.58. The standard InChI is InChI=1S/C22H24N6O2/c1-2-30-18-6-4-15-11-16(3-5-17(15)26-18)20-19-21(23)24-13-25-22(19)28(27-20)12-14-7-9-29-10-8-14/h3-6,11,13-14H,2,7-10,12H2,1H3,(H2,23,24,25). The molecule has 2 N–H and O–H groups in total. The number of ether oxygens (including phenoxy) is 2. The molecule has 4 aromatic rings. The highest BCUT2D eigenvalue weighted by Crippen LogP contribution is 2.33. The smallest absolute Gasteiger partial charge is 0.213 e. The van der Waals surface area contributed by atoms with E-state index in [1.54, 1.807) is 0 Å². The van der Waals surface area contributed by atoms with Crippen molar-refractivity contribution in [3.05, 3.63) is 36.7 Å². The number of fused-ring (bicyclic) bond motifs is 2. The molecule has 0 radical (unpaired) electrons. The first-order chi connectivity index (χ1) is 14.7. The fraction of sp³-hybridized carbons (Fsp3) is 0.364. The van der Waals surface area contributed by atoms with Gasteiger partial charge in [-0.3, -0.25) is 0 Å². The van der Waals surface area contributed by atoms with Crippen molar-refractivity contribution in [2.75, 3.05) is 25.6 Å². The summed E-state index contributed by atoms with van der Waals surface area (Å²) in [6.07, 6.45) is 3.56. The summed E-state index contributed by atoms with van der Waals surface area (Å²) in [6.45, 7) is 4.93. The first kappa shape index (κ1) is 18.7. The van der Waals surface area contributed by atoms with E-state index in [9.17, 15) is 0 Å². The lowest BCUT2D eigenvalue weighted by Crippen LogP contribution is -2.21. The topological polar surface area (TPSA) is 101 Å². The molecule has 5 rings (SSSR count). The zero-order valence-electron chi connectivity index (χ0n) is 16.9. The maximum Gasteiger partial charge on any atom is 0.213 e. The minimum absolute atomic E-state index is 0.443. The summed E-state index contributed by atoms with van der Waals surface area (Å²) in [5, 5.41) is 6.72. The summed E-state index contributed by atoms with van der Waals surface area (Å²) >= 11 is 0. The predicted molar refractivity (Wildman–Crippen MR) is 115 cm³/mol. The molecule has 8 heteroatoms. The zero-order chi connectivity index (χ0) is 20.5. The second-order valence-electron chi connectivity index (χ2n) is 7.53. The van der Waals surface area contributed by atoms with Crippen molar-refractivity contribution in [2.45, 2.75) is 26.3 Å². The third-order valence-corrected chi connectivity index (χ3v) is 5.56. The summed E-state index contributed by atoms with van der Waals surface area (Å²) in [7, 11) is 0. The van der Waals surface area contributed by atoms with Crippen molar-refractivity contribution >= 4 is 27.8 Å². The third-order valence-electron chi connectivity index (χ3n) is 5.56. The average Bonchev–Trinajstić information content (AvgIpc) is 3.14. The summed E-state index contributed by atoms with van der Waals surface area (Å²) in [5.74, 6) is 1.59. The molecule has 3 aromatic heterocycles. The van der Waals surface area contributed by atoms with Crippen molar-refractivity contribution in [1.29, 1.82) is 0 Å². The average molecular weight is 404 g/mol. The van der Waals surface area contributed by atoms with Crippen LogP contribution in [0.25, 0.3) is 33.2 Å². The molecule has 0 saturated carbocycles. The van der Waals surface area contributed by atoms with E-state index < -0.39 is 0 Å². The molecule has 1 aliphatic heterocycles. The summed E-state index contributed by atoms with van der Waals surface area (Å²) < 4.78 is 13.0. The van der Waals surface area contributed by atoms with Gasteiger partial charge in [0.15, 0.2) is 5.65 Å². The highest BCUT2D eigenvalue weighted by molar-refractivity contribution is 5.99. The molecule has 1 aromatic carbocycles. The highest BCUT2D eigenvalue weighted by atomic mass is 16.5. The molecule has 0 unspecified atom stereocenters. The van der Waals surface area contributed by atoms with Gasteiger partial charge in [0, 0.05) is 36.8 Å². The van der Waals surface area contributed by atoms with Gasteiger partial charge in [0.1, 0.15) is 17.8 Å². The maximum atomic E-state index is 6.25. The molecule has 0 aliphatic carbocycles. The van der Waals surface area contributed by atoms with Crippen molar-refractivity contribution in [1.82, 2.24) is 24.7 Å². The second kappa shape index (κ2) is 7.87. The Morgan fingerprint density at radius 2 is 2.03 bits per heavy atom. The quantitative estimate of drug-likeness (QED) is 0.544. The Kier molecular flexibility index (Phi) is 4.92. The van der Waals surface area contributed by atoms with E-state index in [4.69, 9.17) is 20.3 Å². The summed E-state index contributed by atoms with van der Waals surface area (Å²) in [5.41, 5.74) is 9.66. The molecular formula is C22H24N6O2. The number of anilines is 1. The molecule has 4 heterocycles. The second-order valence-corrected chi connectivity index (χ2v) is 7.53. The monoisotopic (exact) mass is 404 g/mol. The van der Waals surface area contributed by atoms with Crippen molar-refractivity contribution < 1.29 is 9.47 Å². The Bertz CT molecular complexity index is 1200. The Labute approximate surface area is 174 Å². The van der Waals surface area contributed by atoms with Gasteiger partial charge >= 0.3 is 0 Å². The molecule has 30 heavy (non-hydrogen) atoms. The predicted octanol–water partition coefficient (Wildman–Crippen LogP) is 3.45. The fourth-order valence-corrected chi connectivity index (χ4v) is 4.02. The van der Waals surface area contributed by atoms with E-state index in [2.05, 4.69) is 21.0 Å². The van der Waals surface area contributed by atoms with Crippen LogP contribution in [0.4, 0.5) is 5.82 Å². The molecule has 0 spiro atoms. The maximum absolute atomic E-state index is 6.25. The van der Waals surface area contributed by atoms with Gasteiger partial charge in [0.05, 0.1) is 17.5 Å². The molecule has 1 aliphatic rings. The van der Waals surface area contributed by atoms with Crippen LogP contribution in [-0.2, 0) is 11.3 Å². The van der Waals surface area contributed by atoms with Gasteiger partial charge in [-0.1, -0.05) is 6.07 Å². The fourth-order valence-electron chi connectivity index (χ4n) is 4.02. The van der Waals surface area contributed by atoms with Crippen LogP contribution in [0.15, 0.2) is 36.7 Å². The first-order valence-electron chi connectivity index (χ1n) is 10.3. The Morgan fingerprint density at radius 1 is 1.17 bits per heavy atom. The first-order valence-corrected chi connectivity index (χ1v) is 10.3. The number of pyridine rings is 1. The van der Waals surface area contributed by atoms with E-state index >= 15 is 0 Å². The number of aromatic nitrogens is 5. The number of benzene rings is 1. The molecule has 154 valence electrons. The highest BCUT2D eigenvalue weighted by Gasteiger charge is 2.21. The van der Waals surface area contributed by atoms with Crippen molar-refractivity contribution in [3.63, 3.8) is 0 Å². The lowest BCUT2D eigenvalue weighted by atomic mass is 10.0. The third kappa shape index (κ3) is 3.43. The lowest BCUT2D eigenvalue weighted by molar-refractivity contribution is 0.0605. The lowest BCUT2D eigenvalue weighted by Gasteiger charge is -2.21. The minimum Gasteiger partial charge on any atom is -0.478 e. The summed E-state index contributed by atoms with van der Waals surface area (Å²) in [6, 6.07) is 9.96. The number of nitrogens with zero attached hydrogens (tertiary/aromatic N) is 5. The Morgan fingerprint density at radius 3 is 2.87 bits per heavy atom. The van der Waals surface area contributed by atoms with Crippen LogP contribution in [0.2, 0.25) is 0 Å². The number of hydrogen-bond acceptors (Lipinski definition) is 7. The molecule has 1 fully saturated rings. The van der Waals surface area contributed by atoms with Crippen LogP contribution in [0, 0.1) is 5.92 Å². The van der Waals surface area contributed by atoms with Crippen LogP contribution in [-0.4, -0.2) is 44.6 Å². The molecule has 0 atom stereocenters. The van der Waals surface area contributed by atoms with Crippen LogP contribution in [0.1, 0.15) is 19.8 Å². The van der Waals surface area contributed by atoms with Gasteiger partial charge < -0.3 is 15.2 Å². The van der Waals surface area contributed by atoms with Gasteiger partial charge in [-0.25, -0.2) is 19.6 Å². The molecule has 0 bridgehead atoms. The minimum atomic E-state index is 0.443. The van der Waals surface area contributed by atoms with Crippen LogP contribution < -0.4 is 10.5 Å². The van der Waals surface area contributed by atoms with Gasteiger partial charge in [-0.05, 0) is 43.9 Å². The van der Waals surface area contributed by atoms with E-state index in [-0.39, 0.29) is 0 Å². The van der Waals surface area contributed by atoms with Crippen molar-refractivity contribution in [3.8, 4) is 17.1 Å². The molecule has 1 saturated heterocycles. The molecule has 0 amide bonds. The largest absolute Gasteiger partial charge is 0.478 e. The van der Waals surface area contributed by atoms with Crippen LogP contribution in [0.5, 0.6) is 5.88 Å². The molecular weight excluding hydrogens is 380 g/mol. The molecule has 8 nitrogen and oxygen atoms in total. The normalized spacial score (nSPS) is 15.1. The zero-order valence-corrected chi connectivity index (χ0v) is 16.9. The van der Waals surface area contributed by atoms with Crippen LogP contribution >= 0.6 is 0 Å². The number of hydrogen-bond donors (Lipinski definition) is 1. The van der Waals surface area contributed by atoms with Gasteiger partial charge in [-0.2, -0.15) is 5.10 Å². The number of rotatable bonds is 5. The van der Waals surface area contributed by atoms with Crippen LogP contribution in [0.3, 0.4) is 0 Å². The summed E-state index contributed by atoms with van der Waals surface area (Å²) in [4.78, 5) is 13.3. The van der Waals surface area contributed by atoms with E-state index in [0.717, 1.165) is 65.8 Å². The number of nitrogens with two attached hydrogens (primary N) is 1. The Hall–Kier alpha value is -3.26. The van der Waals surface area contributed by atoms with Gasteiger partial charge in [-0.15, -0.1) is 0 Å².